The number of hydrogen-bond acceptors (Lipinski definition) is 5. The van der Waals surface area contributed by atoms with Crippen molar-refractivity contribution in [2.45, 2.75) is 65.8 Å². The van der Waals surface area contributed by atoms with Gasteiger partial charge in [0.1, 0.15) is 6.10 Å². The lowest BCUT2D eigenvalue weighted by Crippen LogP contribution is -2.34. The molecule has 5 heteroatoms. The van der Waals surface area contributed by atoms with Gasteiger partial charge in [0.2, 0.25) is 0 Å². The molecule has 0 spiro atoms. The van der Waals surface area contributed by atoms with Crippen LogP contribution in [0.15, 0.2) is 0 Å². The molecule has 0 saturated carbocycles. The highest BCUT2D eigenvalue weighted by Crippen LogP contribution is 2.12. The lowest BCUT2D eigenvalue weighted by Gasteiger charge is -2.27. The van der Waals surface area contributed by atoms with Crippen molar-refractivity contribution in [1.82, 2.24) is 0 Å². The second-order valence-corrected chi connectivity index (χ2v) is 6.39. The topological polar surface area (TPSA) is 54.0 Å². The van der Waals surface area contributed by atoms with Gasteiger partial charge in [-0.05, 0) is 41.5 Å². The maximum absolute atomic E-state index is 10.7. The molecule has 19 heavy (non-hydrogen) atoms. The zero-order chi connectivity index (χ0) is 15.1. The van der Waals surface area contributed by atoms with E-state index in [1.165, 1.54) is 6.92 Å². The van der Waals surface area contributed by atoms with Crippen LogP contribution in [0.25, 0.3) is 0 Å². The van der Waals surface area contributed by atoms with Crippen molar-refractivity contribution in [3.63, 3.8) is 0 Å². The Kier molecular flexibility index (Phi) is 7.55. The highest BCUT2D eigenvalue weighted by atomic mass is 16.7. The predicted molar refractivity (Wildman–Crippen MR) is 72.9 cm³/mol. The zero-order valence-electron chi connectivity index (χ0n) is 13.2. The second-order valence-electron chi connectivity index (χ2n) is 6.39. The lowest BCUT2D eigenvalue weighted by atomic mass is 10.2. The van der Waals surface area contributed by atoms with Gasteiger partial charge in [-0.3, -0.25) is 4.79 Å². The van der Waals surface area contributed by atoms with Crippen LogP contribution >= 0.6 is 0 Å². The lowest BCUT2D eigenvalue weighted by molar-refractivity contribution is -0.175. The van der Waals surface area contributed by atoms with Crippen LogP contribution in [0.2, 0.25) is 0 Å². The Labute approximate surface area is 116 Å². The van der Waals surface area contributed by atoms with Gasteiger partial charge >= 0.3 is 5.97 Å². The fraction of sp³-hybridized carbons (Fsp3) is 0.929. The molecule has 0 aromatic rings. The number of carbonyl (C=O) groups is 1. The molecule has 0 aliphatic carbocycles. The van der Waals surface area contributed by atoms with E-state index in [9.17, 15) is 4.79 Å². The summed E-state index contributed by atoms with van der Waals surface area (Å²) in [6, 6.07) is 0. The average Bonchev–Trinajstić information content (AvgIpc) is 2.18. The summed E-state index contributed by atoms with van der Waals surface area (Å²) in [6.45, 7) is 13.9. The highest BCUT2D eigenvalue weighted by Gasteiger charge is 2.19. The van der Waals surface area contributed by atoms with Crippen LogP contribution in [-0.2, 0) is 23.7 Å². The molecular weight excluding hydrogens is 248 g/mol. The van der Waals surface area contributed by atoms with Gasteiger partial charge in [-0.15, -0.1) is 0 Å². The van der Waals surface area contributed by atoms with E-state index in [1.807, 2.05) is 41.5 Å². The second kappa shape index (κ2) is 7.82. The van der Waals surface area contributed by atoms with Gasteiger partial charge in [-0.1, -0.05) is 0 Å². The van der Waals surface area contributed by atoms with Gasteiger partial charge in [0.25, 0.3) is 0 Å². The first-order valence-electron chi connectivity index (χ1n) is 6.52. The SMILES string of the molecule is CC(=O)OCOC(COC(C)(C)C)COC(C)(C)C. The molecular formula is C14H28O5. The van der Waals surface area contributed by atoms with E-state index in [0.29, 0.717) is 13.2 Å². The minimum absolute atomic E-state index is 0.0823. The Morgan fingerprint density at radius 3 is 1.68 bits per heavy atom. The Hall–Kier alpha value is -0.650. The summed E-state index contributed by atoms with van der Waals surface area (Å²) < 4.78 is 21.6. The predicted octanol–water partition coefficient (Wildman–Crippen LogP) is 2.52. The van der Waals surface area contributed by atoms with E-state index < -0.39 is 0 Å². The van der Waals surface area contributed by atoms with Crippen molar-refractivity contribution in [2.24, 2.45) is 0 Å². The number of hydrogen-bond donors (Lipinski definition) is 0. The van der Waals surface area contributed by atoms with Crippen molar-refractivity contribution in [3.05, 3.63) is 0 Å². The Balaban J connectivity index is 4.18. The fourth-order valence-electron chi connectivity index (χ4n) is 1.04. The van der Waals surface area contributed by atoms with E-state index >= 15 is 0 Å². The quantitative estimate of drug-likeness (QED) is 0.528. The average molecular weight is 276 g/mol. The largest absolute Gasteiger partial charge is 0.439 e. The Bertz CT molecular complexity index is 244. The Morgan fingerprint density at radius 2 is 1.37 bits per heavy atom. The van der Waals surface area contributed by atoms with E-state index in [0.717, 1.165) is 0 Å². The molecule has 0 heterocycles. The summed E-state index contributed by atoms with van der Waals surface area (Å²) in [5, 5.41) is 0. The molecule has 0 unspecified atom stereocenters. The molecule has 0 aliphatic rings. The van der Waals surface area contributed by atoms with Crippen molar-refractivity contribution in [3.8, 4) is 0 Å². The number of esters is 1. The maximum atomic E-state index is 10.7. The molecule has 114 valence electrons. The number of carbonyl (C=O) groups excluding carboxylic acids is 1. The molecule has 0 rings (SSSR count). The smallest absolute Gasteiger partial charge is 0.304 e. The maximum Gasteiger partial charge on any atom is 0.304 e. The van der Waals surface area contributed by atoms with Crippen LogP contribution < -0.4 is 0 Å². The summed E-state index contributed by atoms with van der Waals surface area (Å²) in [7, 11) is 0. The molecule has 0 amide bonds. The fourth-order valence-corrected chi connectivity index (χ4v) is 1.04. The van der Waals surface area contributed by atoms with Crippen LogP contribution in [-0.4, -0.2) is 43.3 Å². The number of rotatable bonds is 7. The first kappa shape index (κ1) is 18.4. The molecule has 0 fully saturated rings. The molecule has 0 saturated heterocycles. The van der Waals surface area contributed by atoms with Crippen LogP contribution in [0.4, 0.5) is 0 Å². The minimum Gasteiger partial charge on any atom is -0.439 e. The normalized spacial score (nSPS) is 12.8. The standard InChI is InChI=1S/C14H28O5/c1-11(15)16-10-17-12(8-18-13(2,3)4)9-19-14(5,6)7/h12H,8-10H2,1-7H3. The van der Waals surface area contributed by atoms with Gasteiger partial charge in [-0.25, -0.2) is 0 Å². The third-order valence-electron chi connectivity index (χ3n) is 1.97. The van der Waals surface area contributed by atoms with E-state index in [1.54, 1.807) is 0 Å². The van der Waals surface area contributed by atoms with Gasteiger partial charge in [-0.2, -0.15) is 0 Å². The molecule has 0 atom stereocenters. The Morgan fingerprint density at radius 1 is 0.947 bits per heavy atom. The molecule has 0 bridgehead atoms. The van der Waals surface area contributed by atoms with E-state index in [-0.39, 0.29) is 30.1 Å². The third-order valence-corrected chi connectivity index (χ3v) is 1.97. The molecule has 0 radical (unpaired) electrons. The minimum atomic E-state index is -0.368. The summed E-state index contributed by atoms with van der Waals surface area (Å²) in [6.07, 6.45) is -0.266. The van der Waals surface area contributed by atoms with E-state index in [4.69, 9.17) is 18.9 Å². The molecule has 0 aliphatic heterocycles. The monoisotopic (exact) mass is 276 g/mol. The molecule has 0 aromatic heterocycles. The van der Waals surface area contributed by atoms with Gasteiger partial charge < -0.3 is 18.9 Å². The van der Waals surface area contributed by atoms with Crippen LogP contribution in [0.3, 0.4) is 0 Å². The number of ether oxygens (including phenoxy) is 4. The molecule has 0 aromatic carbocycles. The molecule has 0 N–H and O–H groups in total. The third kappa shape index (κ3) is 13.6. The van der Waals surface area contributed by atoms with Crippen molar-refractivity contribution in [2.75, 3.05) is 20.0 Å². The first-order valence-corrected chi connectivity index (χ1v) is 6.52. The van der Waals surface area contributed by atoms with Gasteiger partial charge in [0, 0.05) is 6.92 Å². The van der Waals surface area contributed by atoms with Crippen molar-refractivity contribution >= 4 is 5.97 Å². The first-order chi connectivity index (χ1) is 8.49. The zero-order valence-corrected chi connectivity index (χ0v) is 13.2. The summed E-state index contributed by atoms with van der Waals surface area (Å²) in [5.74, 6) is -0.368. The summed E-state index contributed by atoms with van der Waals surface area (Å²) >= 11 is 0. The van der Waals surface area contributed by atoms with Crippen molar-refractivity contribution in [1.29, 1.82) is 0 Å². The van der Waals surface area contributed by atoms with Crippen LogP contribution in [0.1, 0.15) is 48.5 Å². The highest BCUT2D eigenvalue weighted by molar-refractivity contribution is 5.65. The molecule has 5 nitrogen and oxygen atoms in total. The van der Waals surface area contributed by atoms with Gasteiger partial charge in [0.15, 0.2) is 6.79 Å². The van der Waals surface area contributed by atoms with E-state index in [2.05, 4.69) is 0 Å². The van der Waals surface area contributed by atoms with Crippen LogP contribution in [0, 0.1) is 0 Å². The summed E-state index contributed by atoms with van der Waals surface area (Å²) in [5.41, 5.74) is -0.491. The van der Waals surface area contributed by atoms with Crippen molar-refractivity contribution < 1.29 is 23.7 Å². The van der Waals surface area contributed by atoms with Crippen LogP contribution in [0.5, 0.6) is 0 Å². The van der Waals surface area contributed by atoms with Gasteiger partial charge in [0.05, 0.1) is 24.4 Å². The summed E-state index contributed by atoms with van der Waals surface area (Å²) in [4.78, 5) is 10.7.